The Kier molecular flexibility index (Phi) is 6.44. The Morgan fingerprint density at radius 3 is 2.30 bits per heavy atom. The van der Waals surface area contributed by atoms with E-state index < -0.39 is 10.0 Å². The standard InChI is InChI=1S/C17H28N2O3S/c1-14-12-16(13-15(2)17(14)22-3)23(20,21)18-8-7-11-19-9-5-4-6-10-19/h12-13,18H,4-11H2,1-3H3. The molecule has 6 heteroatoms. The fourth-order valence-corrected chi connectivity index (χ4v) is 4.41. The van der Waals surface area contributed by atoms with Gasteiger partial charge in [0.15, 0.2) is 0 Å². The van der Waals surface area contributed by atoms with Crippen LogP contribution >= 0.6 is 0 Å². The van der Waals surface area contributed by atoms with Gasteiger partial charge in [-0.25, -0.2) is 13.1 Å². The van der Waals surface area contributed by atoms with Crippen LogP contribution < -0.4 is 9.46 Å². The lowest BCUT2D eigenvalue weighted by atomic mass is 10.1. The second-order valence-corrected chi connectivity index (χ2v) is 8.01. The number of hydrogen-bond acceptors (Lipinski definition) is 4. The summed E-state index contributed by atoms with van der Waals surface area (Å²) in [5, 5.41) is 0. The molecule has 1 aliphatic rings. The first-order valence-electron chi connectivity index (χ1n) is 8.31. The Labute approximate surface area is 140 Å². The zero-order chi connectivity index (χ0) is 16.9. The van der Waals surface area contributed by atoms with Crippen molar-refractivity contribution in [2.45, 2.75) is 44.4 Å². The molecule has 0 saturated carbocycles. The summed E-state index contributed by atoms with van der Waals surface area (Å²) in [5.41, 5.74) is 1.67. The van der Waals surface area contributed by atoms with E-state index in [4.69, 9.17) is 4.74 Å². The number of methoxy groups -OCH3 is 1. The number of aryl methyl sites for hydroxylation is 2. The SMILES string of the molecule is COc1c(C)cc(S(=O)(=O)NCCCN2CCCCC2)cc1C. The first kappa shape index (κ1) is 18.2. The van der Waals surface area contributed by atoms with E-state index in [2.05, 4.69) is 9.62 Å². The first-order valence-corrected chi connectivity index (χ1v) is 9.79. The van der Waals surface area contributed by atoms with Crippen LogP contribution in [0.1, 0.15) is 36.8 Å². The van der Waals surface area contributed by atoms with Crippen LogP contribution in [0.4, 0.5) is 0 Å². The van der Waals surface area contributed by atoms with E-state index >= 15 is 0 Å². The quantitative estimate of drug-likeness (QED) is 0.775. The lowest BCUT2D eigenvalue weighted by molar-refractivity contribution is 0.227. The normalized spacial score (nSPS) is 16.5. The van der Waals surface area contributed by atoms with Gasteiger partial charge in [-0.05, 0) is 76.0 Å². The van der Waals surface area contributed by atoms with Crippen LogP contribution in [-0.4, -0.2) is 46.6 Å². The van der Waals surface area contributed by atoms with Crippen molar-refractivity contribution in [3.8, 4) is 5.75 Å². The number of piperidine rings is 1. The van der Waals surface area contributed by atoms with Gasteiger partial charge in [0.25, 0.3) is 0 Å². The number of likely N-dealkylation sites (tertiary alicyclic amines) is 1. The largest absolute Gasteiger partial charge is 0.496 e. The molecule has 0 radical (unpaired) electrons. The van der Waals surface area contributed by atoms with Crippen molar-refractivity contribution in [3.05, 3.63) is 23.3 Å². The summed E-state index contributed by atoms with van der Waals surface area (Å²) in [7, 11) is -1.86. The molecule has 1 aromatic carbocycles. The molecule has 0 aromatic heterocycles. The van der Waals surface area contributed by atoms with Crippen LogP contribution in [0.3, 0.4) is 0 Å². The van der Waals surface area contributed by atoms with Gasteiger partial charge >= 0.3 is 0 Å². The van der Waals surface area contributed by atoms with Gasteiger partial charge in [0.05, 0.1) is 12.0 Å². The Morgan fingerprint density at radius 2 is 1.74 bits per heavy atom. The van der Waals surface area contributed by atoms with Gasteiger partial charge in [0.1, 0.15) is 5.75 Å². The van der Waals surface area contributed by atoms with Crippen LogP contribution in [0, 0.1) is 13.8 Å². The molecule has 0 spiro atoms. The van der Waals surface area contributed by atoms with Gasteiger partial charge in [-0.1, -0.05) is 6.42 Å². The number of nitrogens with one attached hydrogen (secondary N) is 1. The lowest BCUT2D eigenvalue weighted by Gasteiger charge is -2.26. The molecule has 1 saturated heterocycles. The van der Waals surface area contributed by atoms with E-state index in [0.717, 1.165) is 42.9 Å². The summed E-state index contributed by atoms with van der Waals surface area (Å²) in [5.74, 6) is 0.744. The topological polar surface area (TPSA) is 58.6 Å². The van der Waals surface area contributed by atoms with Crippen molar-refractivity contribution in [2.75, 3.05) is 33.3 Å². The highest BCUT2D eigenvalue weighted by Crippen LogP contribution is 2.26. The minimum absolute atomic E-state index is 0.311. The molecular formula is C17H28N2O3S. The van der Waals surface area contributed by atoms with E-state index in [9.17, 15) is 8.42 Å². The average molecular weight is 340 g/mol. The zero-order valence-electron chi connectivity index (χ0n) is 14.4. The molecule has 1 heterocycles. The first-order chi connectivity index (χ1) is 10.9. The molecule has 0 bridgehead atoms. The van der Waals surface area contributed by atoms with Crippen LogP contribution in [0.15, 0.2) is 17.0 Å². The van der Waals surface area contributed by atoms with Gasteiger partial charge in [0.2, 0.25) is 10.0 Å². The summed E-state index contributed by atoms with van der Waals surface area (Å²) >= 11 is 0. The number of ether oxygens (including phenoxy) is 1. The van der Waals surface area contributed by atoms with Crippen LogP contribution in [0.5, 0.6) is 5.75 Å². The predicted octanol–water partition coefficient (Wildman–Crippen LogP) is 2.47. The molecule has 1 N–H and O–H groups in total. The number of benzene rings is 1. The average Bonchev–Trinajstić information content (AvgIpc) is 2.52. The third-order valence-corrected chi connectivity index (χ3v) is 5.78. The fraction of sp³-hybridized carbons (Fsp3) is 0.647. The Balaban J connectivity index is 1.91. The molecule has 0 atom stereocenters. The smallest absolute Gasteiger partial charge is 0.240 e. The Hall–Kier alpha value is -1.11. The van der Waals surface area contributed by atoms with Crippen molar-refractivity contribution >= 4 is 10.0 Å². The summed E-state index contributed by atoms with van der Waals surface area (Å²) in [6, 6.07) is 3.33. The van der Waals surface area contributed by atoms with Crippen molar-refractivity contribution < 1.29 is 13.2 Å². The number of hydrogen-bond donors (Lipinski definition) is 1. The minimum atomic E-state index is -3.46. The second kappa shape index (κ2) is 8.13. The van der Waals surface area contributed by atoms with Crippen molar-refractivity contribution in [3.63, 3.8) is 0 Å². The summed E-state index contributed by atoms with van der Waals surface area (Å²) in [6.45, 7) is 7.45. The summed E-state index contributed by atoms with van der Waals surface area (Å²) < 4.78 is 32.8. The zero-order valence-corrected chi connectivity index (χ0v) is 15.2. The van der Waals surface area contributed by atoms with Crippen molar-refractivity contribution in [1.82, 2.24) is 9.62 Å². The molecule has 0 amide bonds. The van der Waals surface area contributed by atoms with Gasteiger partial charge in [0, 0.05) is 6.54 Å². The maximum Gasteiger partial charge on any atom is 0.240 e. The number of rotatable bonds is 7. The molecule has 0 unspecified atom stereocenters. The van der Waals surface area contributed by atoms with Crippen LogP contribution in [0.2, 0.25) is 0 Å². The summed E-state index contributed by atoms with van der Waals surface area (Å²) in [6.07, 6.45) is 4.68. The van der Waals surface area contributed by atoms with Crippen molar-refractivity contribution in [2.24, 2.45) is 0 Å². The summed E-state index contributed by atoms with van der Waals surface area (Å²) in [4.78, 5) is 2.73. The second-order valence-electron chi connectivity index (χ2n) is 6.24. The highest BCUT2D eigenvalue weighted by molar-refractivity contribution is 7.89. The third kappa shape index (κ3) is 4.93. The Bertz CT molecular complexity index is 600. The van der Waals surface area contributed by atoms with E-state index in [-0.39, 0.29) is 0 Å². The number of sulfonamides is 1. The van der Waals surface area contributed by atoms with Crippen molar-refractivity contribution in [1.29, 1.82) is 0 Å². The van der Waals surface area contributed by atoms with E-state index in [1.54, 1.807) is 19.2 Å². The van der Waals surface area contributed by atoms with E-state index in [1.165, 1.54) is 19.3 Å². The van der Waals surface area contributed by atoms with Crippen LogP contribution in [-0.2, 0) is 10.0 Å². The highest BCUT2D eigenvalue weighted by atomic mass is 32.2. The maximum absolute atomic E-state index is 12.4. The molecular weight excluding hydrogens is 312 g/mol. The van der Waals surface area contributed by atoms with Gasteiger partial charge in [-0.3, -0.25) is 0 Å². The van der Waals surface area contributed by atoms with E-state index in [1.807, 2.05) is 13.8 Å². The Morgan fingerprint density at radius 1 is 1.13 bits per heavy atom. The molecule has 23 heavy (non-hydrogen) atoms. The highest BCUT2D eigenvalue weighted by Gasteiger charge is 2.17. The monoisotopic (exact) mass is 340 g/mol. The molecule has 5 nitrogen and oxygen atoms in total. The molecule has 130 valence electrons. The van der Waals surface area contributed by atoms with E-state index in [0.29, 0.717) is 11.4 Å². The number of nitrogens with zero attached hydrogens (tertiary/aromatic N) is 1. The third-order valence-electron chi connectivity index (χ3n) is 4.34. The fourth-order valence-electron chi connectivity index (χ4n) is 3.16. The molecule has 2 rings (SSSR count). The van der Waals surface area contributed by atoms with Gasteiger partial charge in [-0.15, -0.1) is 0 Å². The maximum atomic E-state index is 12.4. The lowest BCUT2D eigenvalue weighted by Crippen LogP contribution is -2.33. The van der Waals surface area contributed by atoms with Gasteiger partial charge in [-0.2, -0.15) is 0 Å². The van der Waals surface area contributed by atoms with Gasteiger partial charge < -0.3 is 9.64 Å². The van der Waals surface area contributed by atoms with Crippen LogP contribution in [0.25, 0.3) is 0 Å². The molecule has 1 fully saturated rings. The molecule has 1 aliphatic heterocycles. The minimum Gasteiger partial charge on any atom is -0.496 e. The molecule has 1 aromatic rings. The molecule has 0 aliphatic carbocycles. The predicted molar refractivity (Wildman–Crippen MR) is 92.6 cm³/mol.